The maximum absolute atomic E-state index is 8.59. The molecule has 2 heterocycles. The molecule has 0 atom stereocenters. The standard InChI is InChI=1S/C4H8N2O.C4H8N2/c7-6-3-1-2-5-4-6;1-2-5-4-6-3-1/h1,3,5,7H,2,4H2;1-2,5-6H,3-4H2. The highest BCUT2D eigenvalue weighted by Crippen LogP contribution is 1.84. The summed E-state index contributed by atoms with van der Waals surface area (Å²) in [6, 6.07) is 0. The Morgan fingerprint density at radius 3 is 2.23 bits per heavy atom. The van der Waals surface area contributed by atoms with Crippen LogP contribution in [0.2, 0.25) is 0 Å². The lowest BCUT2D eigenvalue weighted by molar-refractivity contribution is -0.0508. The van der Waals surface area contributed by atoms with E-state index in [-0.39, 0.29) is 0 Å². The van der Waals surface area contributed by atoms with Gasteiger partial charge in [-0.15, -0.1) is 0 Å². The topological polar surface area (TPSA) is 59.6 Å². The average molecular weight is 184 g/mol. The zero-order valence-corrected chi connectivity index (χ0v) is 7.53. The third-order valence-electron chi connectivity index (χ3n) is 1.54. The number of nitrogens with one attached hydrogen (secondary N) is 3. The normalized spacial score (nSPS) is 20.2. The minimum absolute atomic E-state index is 0.538. The number of nitrogens with zero attached hydrogens (tertiary/aromatic N) is 1. The Bertz CT molecular complexity index is 173. The number of hydroxylamine groups is 2. The van der Waals surface area contributed by atoms with E-state index < -0.39 is 0 Å². The van der Waals surface area contributed by atoms with Crippen LogP contribution in [0.5, 0.6) is 0 Å². The summed E-state index contributed by atoms with van der Waals surface area (Å²) < 4.78 is 0. The van der Waals surface area contributed by atoms with Crippen LogP contribution in [0.3, 0.4) is 0 Å². The van der Waals surface area contributed by atoms with Gasteiger partial charge in [0.2, 0.25) is 0 Å². The van der Waals surface area contributed by atoms with Crippen LogP contribution in [0.4, 0.5) is 0 Å². The minimum Gasteiger partial charge on any atom is -0.379 e. The molecule has 0 spiro atoms. The summed E-state index contributed by atoms with van der Waals surface area (Å²) in [5, 5.41) is 18.7. The molecular formula is C8H16N4O. The van der Waals surface area contributed by atoms with Gasteiger partial charge >= 0.3 is 0 Å². The first-order chi connectivity index (χ1) is 6.39. The van der Waals surface area contributed by atoms with Crippen molar-refractivity contribution in [2.75, 3.05) is 26.4 Å². The van der Waals surface area contributed by atoms with E-state index in [2.05, 4.69) is 16.0 Å². The number of hydrogen-bond acceptors (Lipinski definition) is 5. The Balaban J connectivity index is 0.000000132. The molecule has 2 aliphatic heterocycles. The molecule has 2 aliphatic rings. The summed E-state index contributed by atoms with van der Waals surface area (Å²) in [5.74, 6) is 0. The van der Waals surface area contributed by atoms with Gasteiger partial charge in [0.15, 0.2) is 0 Å². The second-order valence-electron chi connectivity index (χ2n) is 2.67. The van der Waals surface area contributed by atoms with Crippen molar-refractivity contribution in [2.24, 2.45) is 0 Å². The molecule has 0 amide bonds. The highest BCUT2D eigenvalue weighted by Gasteiger charge is 1.93. The number of rotatable bonds is 0. The quantitative estimate of drug-likeness (QED) is 0.405. The third kappa shape index (κ3) is 5.24. The molecule has 0 aromatic heterocycles. The van der Waals surface area contributed by atoms with Crippen LogP contribution >= 0.6 is 0 Å². The van der Waals surface area contributed by atoms with Crippen molar-refractivity contribution in [2.45, 2.75) is 0 Å². The molecule has 0 radical (unpaired) electrons. The van der Waals surface area contributed by atoms with Gasteiger partial charge in [0.1, 0.15) is 0 Å². The van der Waals surface area contributed by atoms with Gasteiger partial charge in [0.05, 0.1) is 13.3 Å². The molecule has 0 saturated carbocycles. The van der Waals surface area contributed by atoms with E-state index in [4.69, 9.17) is 5.21 Å². The van der Waals surface area contributed by atoms with Gasteiger partial charge in [0.25, 0.3) is 0 Å². The second-order valence-corrected chi connectivity index (χ2v) is 2.67. The van der Waals surface area contributed by atoms with Crippen molar-refractivity contribution in [3.05, 3.63) is 24.6 Å². The van der Waals surface area contributed by atoms with Gasteiger partial charge in [0, 0.05) is 19.3 Å². The van der Waals surface area contributed by atoms with Crippen molar-refractivity contribution in [3.63, 3.8) is 0 Å². The smallest absolute Gasteiger partial charge is 0.0944 e. The first-order valence-corrected chi connectivity index (χ1v) is 4.31. The molecule has 4 N–H and O–H groups in total. The predicted octanol–water partition coefficient (Wildman–Crippen LogP) is -0.598. The fraction of sp³-hybridized carbons (Fsp3) is 0.500. The summed E-state index contributed by atoms with van der Waals surface area (Å²) in [6.07, 6.45) is 7.49. The monoisotopic (exact) mass is 184 g/mol. The SMILES string of the molecule is C1=CNCNC1.ON1C=CCNC1. The molecule has 5 nitrogen and oxygen atoms in total. The first-order valence-electron chi connectivity index (χ1n) is 4.31. The van der Waals surface area contributed by atoms with Crippen molar-refractivity contribution >= 4 is 0 Å². The van der Waals surface area contributed by atoms with E-state index in [1.807, 2.05) is 18.4 Å². The largest absolute Gasteiger partial charge is 0.379 e. The molecule has 2 rings (SSSR count). The van der Waals surface area contributed by atoms with Crippen LogP contribution in [0.1, 0.15) is 0 Å². The van der Waals surface area contributed by atoms with E-state index in [0.29, 0.717) is 6.67 Å². The van der Waals surface area contributed by atoms with Crippen molar-refractivity contribution in [1.29, 1.82) is 0 Å². The van der Waals surface area contributed by atoms with Crippen LogP contribution < -0.4 is 16.0 Å². The Hall–Kier alpha value is -1.04. The fourth-order valence-corrected chi connectivity index (χ4v) is 0.918. The van der Waals surface area contributed by atoms with Crippen LogP contribution in [0.25, 0.3) is 0 Å². The lowest BCUT2D eigenvalue weighted by atomic mass is 10.5. The molecule has 0 bridgehead atoms. The minimum atomic E-state index is 0.538. The molecular weight excluding hydrogens is 168 g/mol. The summed E-state index contributed by atoms with van der Waals surface area (Å²) in [6.45, 7) is 3.32. The maximum Gasteiger partial charge on any atom is 0.0944 e. The van der Waals surface area contributed by atoms with Gasteiger partial charge in [-0.3, -0.25) is 20.9 Å². The van der Waals surface area contributed by atoms with Gasteiger partial charge < -0.3 is 5.32 Å². The Labute approximate surface area is 78.1 Å². The fourth-order valence-electron chi connectivity index (χ4n) is 0.918. The summed E-state index contributed by atoms with van der Waals surface area (Å²) in [5.41, 5.74) is 0. The van der Waals surface area contributed by atoms with E-state index >= 15 is 0 Å². The third-order valence-corrected chi connectivity index (χ3v) is 1.54. The summed E-state index contributed by atoms with van der Waals surface area (Å²) in [7, 11) is 0. The van der Waals surface area contributed by atoms with Crippen molar-refractivity contribution in [3.8, 4) is 0 Å². The van der Waals surface area contributed by atoms with Crippen LogP contribution in [-0.4, -0.2) is 36.7 Å². The van der Waals surface area contributed by atoms with Crippen LogP contribution in [0, 0.1) is 0 Å². The molecule has 0 fully saturated rings. The summed E-state index contributed by atoms with van der Waals surface area (Å²) >= 11 is 0. The van der Waals surface area contributed by atoms with Crippen molar-refractivity contribution < 1.29 is 5.21 Å². The van der Waals surface area contributed by atoms with E-state index in [0.717, 1.165) is 24.8 Å². The molecule has 74 valence electrons. The second kappa shape index (κ2) is 6.47. The number of hydrogen-bond donors (Lipinski definition) is 4. The van der Waals surface area contributed by atoms with Crippen LogP contribution in [-0.2, 0) is 0 Å². The van der Waals surface area contributed by atoms with Crippen molar-refractivity contribution in [1.82, 2.24) is 21.0 Å². The van der Waals surface area contributed by atoms with Gasteiger partial charge in [-0.25, -0.2) is 0 Å². The van der Waals surface area contributed by atoms with Crippen LogP contribution in [0.15, 0.2) is 24.6 Å². The summed E-state index contributed by atoms with van der Waals surface area (Å²) in [4.78, 5) is 0. The Morgan fingerprint density at radius 1 is 1.15 bits per heavy atom. The van der Waals surface area contributed by atoms with Gasteiger partial charge in [-0.1, -0.05) is 12.2 Å². The Kier molecular flexibility index (Phi) is 5.00. The lowest BCUT2D eigenvalue weighted by Gasteiger charge is -2.15. The molecule has 0 saturated heterocycles. The van der Waals surface area contributed by atoms with E-state index in [9.17, 15) is 0 Å². The zero-order chi connectivity index (χ0) is 9.36. The predicted molar refractivity (Wildman–Crippen MR) is 50.8 cm³/mol. The van der Waals surface area contributed by atoms with E-state index in [1.54, 1.807) is 6.20 Å². The molecule has 5 heteroatoms. The zero-order valence-electron chi connectivity index (χ0n) is 7.53. The van der Waals surface area contributed by atoms with Gasteiger partial charge in [-0.05, 0) is 6.20 Å². The Morgan fingerprint density at radius 2 is 2.00 bits per heavy atom. The van der Waals surface area contributed by atoms with Gasteiger partial charge in [-0.2, -0.15) is 0 Å². The molecule has 0 aromatic rings. The molecule has 13 heavy (non-hydrogen) atoms. The highest BCUT2D eigenvalue weighted by molar-refractivity contribution is 4.85. The molecule has 0 aliphatic carbocycles. The van der Waals surface area contributed by atoms with E-state index in [1.165, 1.54) is 0 Å². The first kappa shape index (κ1) is 10.0. The maximum atomic E-state index is 8.59. The highest BCUT2D eigenvalue weighted by atomic mass is 16.5. The lowest BCUT2D eigenvalue weighted by Crippen LogP contribution is -2.31. The molecule has 0 aromatic carbocycles. The average Bonchev–Trinajstić information content (AvgIpc) is 2.22. The molecule has 0 unspecified atom stereocenters.